The number of halogens is 1. The fraction of sp³-hybridized carbons (Fsp3) is 0.111. The maximum Gasteiger partial charge on any atom is 0.280 e. The van der Waals surface area contributed by atoms with Gasteiger partial charge in [-0.2, -0.15) is 0 Å². The molecule has 1 aromatic rings. The first-order valence-corrected chi connectivity index (χ1v) is 5.00. The Balaban J connectivity index is 3.63. The van der Waals surface area contributed by atoms with E-state index in [4.69, 9.17) is 0 Å². The minimum atomic E-state index is -0.667. The summed E-state index contributed by atoms with van der Waals surface area (Å²) < 4.78 is 0.526. The molecular formula is C9H6INO4. The second kappa shape index (κ2) is 4.47. The highest BCUT2D eigenvalue weighted by molar-refractivity contribution is 14.1. The Hall–Kier alpha value is -1.31. The Morgan fingerprint density at radius 2 is 2.13 bits per heavy atom. The molecule has 0 aliphatic heterocycles. The van der Waals surface area contributed by atoms with Gasteiger partial charge in [-0.1, -0.05) is 0 Å². The zero-order chi connectivity index (χ0) is 11.6. The molecule has 0 aromatic heterocycles. The summed E-state index contributed by atoms with van der Waals surface area (Å²) in [4.78, 5) is 32.0. The quantitative estimate of drug-likeness (QED) is 0.281. The van der Waals surface area contributed by atoms with Crippen LogP contribution in [0.15, 0.2) is 12.1 Å². The van der Waals surface area contributed by atoms with Crippen molar-refractivity contribution in [3.8, 4) is 0 Å². The third-order valence-corrected chi connectivity index (χ3v) is 2.78. The molecule has 0 radical (unpaired) electrons. The molecule has 0 aliphatic rings. The van der Waals surface area contributed by atoms with E-state index in [-0.39, 0.29) is 16.8 Å². The molecule has 0 amide bonds. The van der Waals surface area contributed by atoms with Gasteiger partial charge in [0.05, 0.1) is 4.92 Å². The van der Waals surface area contributed by atoms with Crippen molar-refractivity contribution in [3.63, 3.8) is 0 Å². The molecule has 5 nitrogen and oxygen atoms in total. The van der Waals surface area contributed by atoms with Gasteiger partial charge >= 0.3 is 0 Å². The maximum absolute atomic E-state index is 11.2. The first-order valence-electron chi connectivity index (χ1n) is 3.92. The normalized spacial score (nSPS) is 9.73. The van der Waals surface area contributed by atoms with Gasteiger partial charge in [-0.05, 0) is 35.6 Å². The first-order chi connectivity index (χ1) is 6.99. The van der Waals surface area contributed by atoms with Gasteiger partial charge in [-0.3, -0.25) is 19.7 Å². The van der Waals surface area contributed by atoms with Gasteiger partial charge in [0.15, 0.2) is 12.1 Å². The molecule has 0 saturated carbocycles. The largest absolute Gasteiger partial charge is 0.298 e. The number of ketones is 1. The summed E-state index contributed by atoms with van der Waals surface area (Å²) in [6.07, 6.45) is 0.464. The summed E-state index contributed by atoms with van der Waals surface area (Å²) in [5.74, 6) is -0.484. The number of hydrogen-bond acceptors (Lipinski definition) is 4. The Bertz CT molecular complexity index is 456. The Morgan fingerprint density at radius 3 is 2.53 bits per heavy atom. The molecule has 78 valence electrons. The number of aldehydes is 1. The van der Waals surface area contributed by atoms with E-state index in [0.717, 1.165) is 0 Å². The van der Waals surface area contributed by atoms with Gasteiger partial charge in [0.1, 0.15) is 5.56 Å². The van der Waals surface area contributed by atoms with Crippen LogP contribution < -0.4 is 0 Å². The van der Waals surface area contributed by atoms with Crippen molar-refractivity contribution in [3.05, 3.63) is 36.9 Å². The van der Waals surface area contributed by atoms with Crippen LogP contribution in [0.2, 0.25) is 0 Å². The summed E-state index contributed by atoms with van der Waals surface area (Å²) in [6, 6.07) is 2.67. The summed E-state index contributed by atoms with van der Waals surface area (Å²) in [5, 5.41) is 10.6. The number of nitrogens with zero attached hydrogens (tertiary/aromatic N) is 1. The van der Waals surface area contributed by atoms with Crippen molar-refractivity contribution in [2.75, 3.05) is 0 Å². The summed E-state index contributed by atoms with van der Waals surface area (Å²) in [7, 11) is 0. The molecule has 0 spiro atoms. The topological polar surface area (TPSA) is 77.3 Å². The second-order valence-electron chi connectivity index (χ2n) is 2.79. The van der Waals surface area contributed by atoms with Crippen LogP contribution in [0.25, 0.3) is 0 Å². The summed E-state index contributed by atoms with van der Waals surface area (Å²) >= 11 is 1.85. The third-order valence-electron chi connectivity index (χ3n) is 1.84. The Morgan fingerprint density at radius 1 is 1.53 bits per heavy atom. The average Bonchev–Trinajstić information content (AvgIpc) is 2.16. The highest BCUT2D eigenvalue weighted by Crippen LogP contribution is 2.25. The molecule has 0 heterocycles. The van der Waals surface area contributed by atoms with Crippen LogP contribution >= 0.6 is 22.6 Å². The molecule has 1 aromatic carbocycles. The van der Waals surface area contributed by atoms with Crippen LogP contribution in [0.1, 0.15) is 27.6 Å². The highest BCUT2D eigenvalue weighted by atomic mass is 127. The number of rotatable bonds is 3. The van der Waals surface area contributed by atoms with Crippen molar-refractivity contribution in [2.24, 2.45) is 0 Å². The number of nitro groups is 1. The average molecular weight is 319 g/mol. The van der Waals surface area contributed by atoms with Crippen molar-refractivity contribution in [1.29, 1.82) is 0 Å². The van der Waals surface area contributed by atoms with Gasteiger partial charge in [0, 0.05) is 15.2 Å². The van der Waals surface area contributed by atoms with Crippen molar-refractivity contribution < 1.29 is 14.5 Å². The predicted octanol–water partition coefficient (Wildman–Crippen LogP) is 2.21. The second-order valence-corrected chi connectivity index (χ2v) is 3.95. The van der Waals surface area contributed by atoms with Gasteiger partial charge < -0.3 is 0 Å². The monoisotopic (exact) mass is 319 g/mol. The van der Waals surface area contributed by atoms with Crippen LogP contribution in [-0.2, 0) is 0 Å². The zero-order valence-corrected chi connectivity index (χ0v) is 9.85. The molecular weight excluding hydrogens is 313 g/mol. The van der Waals surface area contributed by atoms with E-state index < -0.39 is 10.7 Å². The van der Waals surface area contributed by atoms with E-state index in [1.54, 1.807) is 0 Å². The van der Waals surface area contributed by atoms with Crippen LogP contribution in [0.5, 0.6) is 0 Å². The molecule has 0 saturated heterocycles. The minimum absolute atomic E-state index is 0.0808. The molecule has 0 bridgehead atoms. The Kier molecular flexibility index (Phi) is 3.51. The molecule has 0 aliphatic carbocycles. The van der Waals surface area contributed by atoms with Crippen molar-refractivity contribution in [2.45, 2.75) is 6.92 Å². The lowest BCUT2D eigenvalue weighted by Gasteiger charge is -2.03. The number of Topliss-reactive ketones (excluding diaryl/α,β-unsaturated/α-hetero) is 1. The first kappa shape index (κ1) is 11.8. The van der Waals surface area contributed by atoms with E-state index in [2.05, 4.69) is 0 Å². The minimum Gasteiger partial charge on any atom is -0.298 e. The number of nitro benzene ring substituents is 1. The van der Waals surface area contributed by atoms with Gasteiger partial charge in [0.25, 0.3) is 5.69 Å². The third kappa shape index (κ3) is 2.20. The van der Waals surface area contributed by atoms with E-state index in [1.165, 1.54) is 19.1 Å². The smallest absolute Gasteiger partial charge is 0.280 e. The lowest BCUT2D eigenvalue weighted by atomic mass is 10.0. The Labute approximate surface area is 98.8 Å². The van der Waals surface area contributed by atoms with Gasteiger partial charge in [0.2, 0.25) is 0 Å². The highest BCUT2D eigenvalue weighted by Gasteiger charge is 2.22. The van der Waals surface area contributed by atoms with E-state index >= 15 is 0 Å². The van der Waals surface area contributed by atoms with E-state index in [1.807, 2.05) is 22.6 Å². The van der Waals surface area contributed by atoms with Crippen molar-refractivity contribution in [1.82, 2.24) is 0 Å². The van der Waals surface area contributed by atoms with Crippen LogP contribution in [0, 0.1) is 13.7 Å². The molecule has 0 atom stereocenters. The van der Waals surface area contributed by atoms with Gasteiger partial charge in [-0.15, -0.1) is 0 Å². The summed E-state index contributed by atoms with van der Waals surface area (Å²) in [6.45, 7) is 1.20. The van der Waals surface area contributed by atoms with Crippen LogP contribution in [0.3, 0.4) is 0 Å². The van der Waals surface area contributed by atoms with E-state index in [0.29, 0.717) is 9.86 Å². The van der Waals surface area contributed by atoms with Crippen molar-refractivity contribution >= 4 is 40.3 Å². The number of carbonyl (C=O) groups excluding carboxylic acids is 2. The molecule has 0 N–H and O–H groups in total. The van der Waals surface area contributed by atoms with Gasteiger partial charge in [-0.25, -0.2) is 0 Å². The fourth-order valence-corrected chi connectivity index (χ4v) is 1.80. The molecule has 0 unspecified atom stereocenters. The van der Waals surface area contributed by atoms with Crippen LogP contribution in [0.4, 0.5) is 5.69 Å². The maximum atomic E-state index is 11.2. The molecule has 0 fully saturated rings. The molecule has 6 heteroatoms. The molecule has 1 rings (SSSR count). The predicted molar refractivity (Wildman–Crippen MR) is 61.2 cm³/mol. The number of carbonyl (C=O) groups is 2. The molecule has 15 heavy (non-hydrogen) atoms. The lowest BCUT2D eigenvalue weighted by molar-refractivity contribution is -0.385. The van der Waals surface area contributed by atoms with Crippen LogP contribution in [-0.4, -0.2) is 17.0 Å². The summed E-state index contributed by atoms with van der Waals surface area (Å²) in [5.41, 5.74) is -0.371. The standard InChI is InChI=1S/C9H6INO4/c1-5(13)9-6(4-12)7(10)2-3-8(9)11(14)15/h2-4H,1H3. The number of hydrogen-bond donors (Lipinski definition) is 0. The lowest BCUT2D eigenvalue weighted by Crippen LogP contribution is -2.06. The zero-order valence-electron chi connectivity index (χ0n) is 7.69. The number of benzene rings is 1. The van der Waals surface area contributed by atoms with E-state index in [9.17, 15) is 19.7 Å². The fourth-order valence-electron chi connectivity index (χ4n) is 1.22. The SMILES string of the molecule is CC(=O)c1c([N+](=O)[O-])ccc(I)c1C=O.